The van der Waals surface area contributed by atoms with Crippen LogP contribution in [0, 0.1) is 0 Å². The van der Waals surface area contributed by atoms with E-state index in [2.05, 4.69) is 15.6 Å². The van der Waals surface area contributed by atoms with E-state index in [0.717, 1.165) is 0 Å². The van der Waals surface area contributed by atoms with Gasteiger partial charge in [-0.25, -0.2) is 8.42 Å². The number of rotatable bonds is 8. The number of methoxy groups -OCH3 is 1. The van der Waals surface area contributed by atoms with Gasteiger partial charge in [0.15, 0.2) is 15.8 Å². The van der Waals surface area contributed by atoms with Gasteiger partial charge in [-0.1, -0.05) is 25.1 Å². The van der Waals surface area contributed by atoms with Crippen molar-refractivity contribution in [3.05, 3.63) is 30.3 Å². The number of hydrogen-bond donors (Lipinski definition) is 2. The molecule has 1 rings (SSSR count). The van der Waals surface area contributed by atoms with E-state index in [1.54, 1.807) is 44.5 Å². The molecule has 0 aliphatic heterocycles. The van der Waals surface area contributed by atoms with E-state index < -0.39 is 9.84 Å². The van der Waals surface area contributed by atoms with Gasteiger partial charge in [0.25, 0.3) is 0 Å². The molecule has 136 valence electrons. The molecule has 7 heteroatoms. The molecule has 0 aliphatic rings. The third-order valence-electron chi connectivity index (χ3n) is 3.81. The van der Waals surface area contributed by atoms with Gasteiger partial charge in [-0.05, 0) is 32.4 Å². The number of nitrogens with zero attached hydrogens (tertiary/aromatic N) is 1. The molecule has 24 heavy (non-hydrogen) atoms. The van der Waals surface area contributed by atoms with Crippen LogP contribution in [0.1, 0.15) is 27.2 Å². The van der Waals surface area contributed by atoms with Gasteiger partial charge in [0.1, 0.15) is 0 Å². The molecule has 1 aromatic rings. The summed E-state index contributed by atoms with van der Waals surface area (Å²) in [4.78, 5) is 4.50. The van der Waals surface area contributed by atoms with Crippen molar-refractivity contribution in [2.75, 3.05) is 26.5 Å². The smallest absolute Gasteiger partial charge is 0.191 e. The molecule has 2 N–H and O–H groups in total. The monoisotopic (exact) mass is 355 g/mol. The van der Waals surface area contributed by atoms with E-state index >= 15 is 0 Å². The lowest BCUT2D eigenvalue weighted by atomic mass is 10.1. The molecule has 0 fully saturated rings. The summed E-state index contributed by atoms with van der Waals surface area (Å²) in [6.45, 7) is 6.44. The van der Waals surface area contributed by atoms with Gasteiger partial charge in [0.2, 0.25) is 0 Å². The molecule has 0 aromatic heterocycles. The van der Waals surface area contributed by atoms with Gasteiger partial charge in [0.05, 0.1) is 16.2 Å². The second-order valence-electron chi connectivity index (χ2n) is 6.23. The zero-order valence-corrected chi connectivity index (χ0v) is 16.0. The van der Waals surface area contributed by atoms with Crippen LogP contribution < -0.4 is 10.6 Å². The molecule has 1 atom stereocenters. The zero-order chi connectivity index (χ0) is 18.2. The highest BCUT2D eigenvalue weighted by Crippen LogP contribution is 2.12. The van der Waals surface area contributed by atoms with Crippen LogP contribution in [0.25, 0.3) is 0 Å². The Balaban J connectivity index is 2.72. The van der Waals surface area contributed by atoms with Crippen LogP contribution in [0.3, 0.4) is 0 Å². The van der Waals surface area contributed by atoms with Crippen molar-refractivity contribution in [1.82, 2.24) is 10.6 Å². The molecule has 0 saturated heterocycles. The molecule has 1 aromatic carbocycles. The molecule has 0 saturated carbocycles. The van der Waals surface area contributed by atoms with Crippen LogP contribution >= 0.6 is 0 Å². The summed E-state index contributed by atoms with van der Waals surface area (Å²) in [6.07, 6.45) is 0.667. The van der Waals surface area contributed by atoms with Crippen molar-refractivity contribution in [2.24, 2.45) is 4.99 Å². The fourth-order valence-electron chi connectivity index (χ4n) is 2.01. The minimum Gasteiger partial charge on any atom is -0.377 e. The number of ether oxygens (including phenoxy) is 1. The van der Waals surface area contributed by atoms with Gasteiger partial charge < -0.3 is 15.4 Å². The van der Waals surface area contributed by atoms with Gasteiger partial charge in [-0.3, -0.25) is 4.99 Å². The number of guanidine groups is 1. The Hall–Kier alpha value is -1.60. The molecular weight excluding hydrogens is 326 g/mol. The average molecular weight is 356 g/mol. The van der Waals surface area contributed by atoms with Gasteiger partial charge in [-0.15, -0.1) is 0 Å². The summed E-state index contributed by atoms with van der Waals surface area (Å²) in [6, 6.07) is 8.28. The van der Waals surface area contributed by atoms with Crippen LogP contribution in [0.2, 0.25) is 0 Å². The number of aliphatic imine (C=N–C) groups is 1. The second kappa shape index (κ2) is 9.03. The maximum Gasteiger partial charge on any atom is 0.191 e. The summed E-state index contributed by atoms with van der Waals surface area (Å²) in [5.74, 6) is 0.581. The number of sulfone groups is 1. The minimum absolute atomic E-state index is 0.0158. The molecule has 0 radical (unpaired) electrons. The molecule has 0 aliphatic carbocycles. The topological polar surface area (TPSA) is 79.8 Å². The van der Waals surface area contributed by atoms with E-state index in [0.29, 0.717) is 23.8 Å². The van der Waals surface area contributed by atoms with E-state index in [4.69, 9.17) is 4.74 Å². The third-order valence-corrected chi connectivity index (χ3v) is 5.65. The maximum absolute atomic E-state index is 12.5. The van der Waals surface area contributed by atoms with Crippen LogP contribution in [-0.2, 0) is 14.6 Å². The predicted octanol–water partition coefficient (Wildman–Crippen LogP) is 1.83. The maximum atomic E-state index is 12.5. The third kappa shape index (κ3) is 6.49. The van der Waals surface area contributed by atoms with Crippen molar-refractivity contribution >= 4 is 15.8 Å². The van der Waals surface area contributed by atoms with E-state index in [1.165, 1.54) is 0 Å². The molecule has 0 spiro atoms. The molecule has 0 amide bonds. The fraction of sp³-hybridized carbons (Fsp3) is 0.588. The Labute approximate surface area is 145 Å². The first kappa shape index (κ1) is 20.4. The predicted molar refractivity (Wildman–Crippen MR) is 98.2 cm³/mol. The number of hydrogen-bond acceptors (Lipinski definition) is 4. The highest BCUT2D eigenvalue weighted by atomic mass is 32.2. The summed E-state index contributed by atoms with van der Waals surface area (Å²) in [5, 5.41) is 6.35. The van der Waals surface area contributed by atoms with Crippen LogP contribution in [0.5, 0.6) is 0 Å². The lowest BCUT2D eigenvalue weighted by molar-refractivity contribution is 0.0268. The van der Waals surface area contributed by atoms with Crippen molar-refractivity contribution in [3.8, 4) is 0 Å². The van der Waals surface area contributed by atoms with E-state index in [-0.39, 0.29) is 17.4 Å². The molecule has 0 bridgehead atoms. The lowest BCUT2D eigenvalue weighted by Crippen LogP contribution is -2.49. The van der Waals surface area contributed by atoms with Crippen molar-refractivity contribution < 1.29 is 13.2 Å². The first-order valence-electron chi connectivity index (χ1n) is 8.04. The Bertz CT molecular complexity index is 628. The highest BCUT2D eigenvalue weighted by Gasteiger charge is 2.22. The van der Waals surface area contributed by atoms with Crippen LogP contribution in [0.15, 0.2) is 40.2 Å². The van der Waals surface area contributed by atoms with Crippen molar-refractivity contribution in [2.45, 2.75) is 43.7 Å². The van der Waals surface area contributed by atoms with E-state index in [1.807, 2.05) is 20.8 Å². The lowest BCUT2D eigenvalue weighted by Gasteiger charge is -2.26. The van der Waals surface area contributed by atoms with Crippen LogP contribution in [0.4, 0.5) is 0 Å². The quantitative estimate of drug-likeness (QED) is 0.549. The Morgan fingerprint density at radius 3 is 2.42 bits per heavy atom. The SMILES string of the molecule is CCC(CS(=O)(=O)c1ccccc1)NC(=NC)NCC(C)(C)OC. The summed E-state index contributed by atoms with van der Waals surface area (Å²) >= 11 is 0. The van der Waals surface area contributed by atoms with Crippen LogP contribution in [-0.4, -0.2) is 52.5 Å². The summed E-state index contributed by atoms with van der Waals surface area (Å²) < 4.78 is 30.4. The average Bonchev–Trinajstić information content (AvgIpc) is 2.58. The summed E-state index contributed by atoms with van der Waals surface area (Å²) in [5.41, 5.74) is -0.338. The highest BCUT2D eigenvalue weighted by molar-refractivity contribution is 7.91. The zero-order valence-electron chi connectivity index (χ0n) is 15.2. The van der Waals surface area contributed by atoms with Gasteiger partial charge in [0, 0.05) is 26.7 Å². The first-order valence-corrected chi connectivity index (χ1v) is 9.69. The van der Waals surface area contributed by atoms with Crippen molar-refractivity contribution in [1.29, 1.82) is 0 Å². The first-order chi connectivity index (χ1) is 11.2. The largest absolute Gasteiger partial charge is 0.377 e. The van der Waals surface area contributed by atoms with E-state index in [9.17, 15) is 8.42 Å². The normalized spacial score (nSPS) is 14.3. The summed E-state index contributed by atoms with van der Waals surface area (Å²) in [7, 11) is -0.0312. The molecule has 6 nitrogen and oxygen atoms in total. The Morgan fingerprint density at radius 1 is 1.29 bits per heavy atom. The van der Waals surface area contributed by atoms with Gasteiger partial charge in [-0.2, -0.15) is 0 Å². The van der Waals surface area contributed by atoms with Crippen molar-refractivity contribution in [3.63, 3.8) is 0 Å². The number of nitrogens with one attached hydrogen (secondary N) is 2. The second-order valence-corrected chi connectivity index (χ2v) is 8.27. The fourth-order valence-corrected chi connectivity index (χ4v) is 3.62. The standard InChI is InChI=1S/C17H29N3O3S/c1-6-14(12-24(21,22)15-10-8-7-9-11-15)20-16(18-4)19-13-17(2,3)23-5/h7-11,14H,6,12-13H2,1-5H3,(H2,18,19,20). The molecular formula is C17H29N3O3S. The molecule has 1 unspecified atom stereocenters. The minimum atomic E-state index is -3.34. The Morgan fingerprint density at radius 2 is 1.92 bits per heavy atom. The Kier molecular flexibility index (Phi) is 7.69. The number of benzene rings is 1. The molecule has 0 heterocycles. The van der Waals surface area contributed by atoms with Gasteiger partial charge >= 0.3 is 0 Å².